The fraction of sp³-hybridized carbons (Fsp3) is 0.438. The van der Waals surface area contributed by atoms with Gasteiger partial charge in [-0.2, -0.15) is 5.10 Å². The van der Waals surface area contributed by atoms with Crippen LogP contribution < -0.4 is 14.8 Å². The SMILES string of the molecule is CNC(c1ccc(OC)c(OC)c1)c1c(C)nn(C)c1C. The molecular weight excluding hydrogens is 266 g/mol. The third-order valence-corrected chi connectivity index (χ3v) is 3.88. The fourth-order valence-electron chi connectivity index (χ4n) is 2.72. The zero-order valence-corrected chi connectivity index (χ0v) is 13.5. The van der Waals surface area contributed by atoms with Crippen molar-refractivity contribution in [1.29, 1.82) is 0 Å². The average Bonchev–Trinajstić information content (AvgIpc) is 2.74. The van der Waals surface area contributed by atoms with Crippen molar-refractivity contribution in [2.24, 2.45) is 7.05 Å². The highest BCUT2D eigenvalue weighted by Crippen LogP contribution is 2.33. The molecule has 0 fully saturated rings. The number of methoxy groups -OCH3 is 2. The van der Waals surface area contributed by atoms with Gasteiger partial charge < -0.3 is 14.8 Å². The van der Waals surface area contributed by atoms with Crippen molar-refractivity contribution in [2.45, 2.75) is 19.9 Å². The van der Waals surface area contributed by atoms with Gasteiger partial charge in [0.1, 0.15) is 0 Å². The molecule has 0 radical (unpaired) electrons. The standard InChI is InChI=1S/C16H23N3O2/c1-10-15(11(2)19(4)18-10)16(17-3)12-7-8-13(20-5)14(9-12)21-6/h7-9,16-17H,1-6H3. The summed E-state index contributed by atoms with van der Waals surface area (Å²) in [4.78, 5) is 0. The zero-order valence-electron chi connectivity index (χ0n) is 13.5. The molecule has 0 aliphatic carbocycles. The van der Waals surface area contributed by atoms with Crippen LogP contribution in [0, 0.1) is 13.8 Å². The zero-order chi connectivity index (χ0) is 15.6. The van der Waals surface area contributed by atoms with Gasteiger partial charge in [-0.15, -0.1) is 0 Å². The van der Waals surface area contributed by atoms with E-state index in [1.54, 1.807) is 14.2 Å². The van der Waals surface area contributed by atoms with Gasteiger partial charge in [-0.25, -0.2) is 0 Å². The van der Waals surface area contributed by atoms with Gasteiger partial charge in [-0.3, -0.25) is 4.68 Å². The second-order valence-electron chi connectivity index (χ2n) is 5.04. The first-order valence-corrected chi connectivity index (χ1v) is 6.92. The fourth-order valence-corrected chi connectivity index (χ4v) is 2.72. The van der Waals surface area contributed by atoms with E-state index in [-0.39, 0.29) is 6.04 Å². The monoisotopic (exact) mass is 289 g/mol. The predicted molar refractivity (Wildman–Crippen MR) is 83.1 cm³/mol. The molecule has 1 N–H and O–H groups in total. The Morgan fingerprint density at radius 2 is 1.81 bits per heavy atom. The van der Waals surface area contributed by atoms with Crippen molar-refractivity contribution in [1.82, 2.24) is 15.1 Å². The lowest BCUT2D eigenvalue weighted by Gasteiger charge is -2.19. The van der Waals surface area contributed by atoms with Crippen LogP contribution in [0.25, 0.3) is 0 Å². The highest BCUT2D eigenvalue weighted by atomic mass is 16.5. The minimum atomic E-state index is 0.0681. The molecule has 0 aliphatic heterocycles. The Kier molecular flexibility index (Phi) is 4.53. The number of nitrogens with one attached hydrogen (secondary N) is 1. The van der Waals surface area contributed by atoms with Crippen molar-refractivity contribution in [2.75, 3.05) is 21.3 Å². The molecule has 0 saturated carbocycles. The summed E-state index contributed by atoms with van der Waals surface area (Å²) in [6.07, 6.45) is 0. The van der Waals surface area contributed by atoms with Crippen molar-refractivity contribution in [3.05, 3.63) is 40.7 Å². The van der Waals surface area contributed by atoms with Crippen LogP contribution in [-0.2, 0) is 7.05 Å². The van der Waals surface area contributed by atoms with Gasteiger partial charge in [0.25, 0.3) is 0 Å². The number of rotatable bonds is 5. The van der Waals surface area contributed by atoms with E-state index in [4.69, 9.17) is 9.47 Å². The van der Waals surface area contributed by atoms with Crippen LogP contribution in [0.2, 0.25) is 0 Å². The first kappa shape index (κ1) is 15.4. The summed E-state index contributed by atoms with van der Waals surface area (Å²) in [5.41, 5.74) is 4.51. The molecule has 5 heteroatoms. The second kappa shape index (κ2) is 6.18. The van der Waals surface area contributed by atoms with Crippen LogP contribution in [0.3, 0.4) is 0 Å². The van der Waals surface area contributed by atoms with Crippen LogP contribution in [0.5, 0.6) is 11.5 Å². The highest BCUT2D eigenvalue weighted by Gasteiger charge is 2.21. The van der Waals surface area contributed by atoms with Crippen LogP contribution in [0.1, 0.15) is 28.6 Å². The van der Waals surface area contributed by atoms with Crippen molar-refractivity contribution in [3.63, 3.8) is 0 Å². The molecule has 1 heterocycles. The molecule has 1 unspecified atom stereocenters. The molecule has 0 saturated heterocycles. The van der Waals surface area contributed by atoms with E-state index in [2.05, 4.69) is 23.4 Å². The molecule has 1 aromatic heterocycles. The van der Waals surface area contributed by atoms with E-state index in [1.807, 2.05) is 37.8 Å². The number of ether oxygens (including phenoxy) is 2. The maximum atomic E-state index is 5.40. The third-order valence-electron chi connectivity index (χ3n) is 3.88. The Labute approximate surface area is 125 Å². The van der Waals surface area contributed by atoms with E-state index in [0.29, 0.717) is 0 Å². The third kappa shape index (κ3) is 2.74. The Morgan fingerprint density at radius 3 is 2.29 bits per heavy atom. The van der Waals surface area contributed by atoms with Gasteiger partial charge in [0.2, 0.25) is 0 Å². The molecule has 0 amide bonds. The summed E-state index contributed by atoms with van der Waals surface area (Å²) >= 11 is 0. The van der Waals surface area contributed by atoms with E-state index >= 15 is 0 Å². The topological polar surface area (TPSA) is 48.3 Å². The first-order valence-electron chi connectivity index (χ1n) is 6.92. The lowest BCUT2D eigenvalue weighted by Crippen LogP contribution is -2.19. The largest absolute Gasteiger partial charge is 0.493 e. The van der Waals surface area contributed by atoms with Gasteiger partial charge >= 0.3 is 0 Å². The quantitative estimate of drug-likeness (QED) is 0.918. The number of hydrogen-bond acceptors (Lipinski definition) is 4. The number of aromatic nitrogens is 2. The molecule has 5 nitrogen and oxygen atoms in total. The average molecular weight is 289 g/mol. The van der Waals surface area contributed by atoms with E-state index in [1.165, 1.54) is 5.56 Å². The molecule has 0 spiro atoms. The normalized spacial score (nSPS) is 12.3. The van der Waals surface area contributed by atoms with E-state index in [0.717, 1.165) is 28.5 Å². The Bertz CT molecular complexity index is 635. The maximum absolute atomic E-state index is 5.40. The Morgan fingerprint density at radius 1 is 1.14 bits per heavy atom. The number of hydrogen-bond donors (Lipinski definition) is 1. The van der Waals surface area contributed by atoms with Crippen LogP contribution in [-0.4, -0.2) is 31.0 Å². The molecule has 21 heavy (non-hydrogen) atoms. The summed E-state index contributed by atoms with van der Waals surface area (Å²) in [7, 11) is 7.21. The molecule has 114 valence electrons. The Balaban J connectivity index is 2.51. The summed E-state index contributed by atoms with van der Waals surface area (Å²) < 4.78 is 12.6. The van der Waals surface area contributed by atoms with Gasteiger partial charge in [-0.05, 0) is 38.6 Å². The van der Waals surface area contributed by atoms with E-state index < -0.39 is 0 Å². The van der Waals surface area contributed by atoms with Crippen LogP contribution in [0.4, 0.5) is 0 Å². The van der Waals surface area contributed by atoms with Gasteiger partial charge in [0.05, 0.1) is 26.0 Å². The molecule has 0 bridgehead atoms. The maximum Gasteiger partial charge on any atom is 0.161 e. The second-order valence-corrected chi connectivity index (χ2v) is 5.04. The summed E-state index contributed by atoms with van der Waals surface area (Å²) in [6, 6.07) is 6.05. The van der Waals surface area contributed by atoms with Crippen molar-refractivity contribution < 1.29 is 9.47 Å². The molecule has 0 aliphatic rings. The number of aryl methyl sites for hydroxylation is 2. The predicted octanol–water partition coefficient (Wildman–Crippen LogP) is 2.36. The molecule has 1 aromatic carbocycles. The van der Waals surface area contributed by atoms with Crippen LogP contribution in [0.15, 0.2) is 18.2 Å². The molecular formula is C16H23N3O2. The van der Waals surface area contributed by atoms with Crippen molar-refractivity contribution in [3.8, 4) is 11.5 Å². The Hall–Kier alpha value is -2.01. The minimum Gasteiger partial charge on any atom is -0.493 e. The lowest BCUT2D eigenvalue weighted by atomic mass is 9.97. The summed E-state index contributed by atoms with van der Waals surface area (Å²) in [6.45, 7) is 4.12. The highest BCUT2D eigenvalue weighted by molar-refractivity contribution is 5.47. The van der Waals surface area contributed by atoms with Gasteiger partial charge in [0, 0.05) is 18.3 Å². The van der Waals surface area contributed by atoms with E-state index in [9.17, 15) is 0 Å². The number of benzene rings is 1. The molecule has 2 aromatic rings. The van der Waals surface area contributed by atoms with Gasteiger partial charge in [0.15, 0.2) is 11.5 Å². The van der Waals surface area contributed by atoms with Crippen LogP contribution >= 0.6 is 0 Å². The smallest absolute Gasteiger partial charge is 0.161 e. The van der Waals surface area contributed by atoms with Gasteiger partial charge in [-0.1, -0.05) is 6.07 Å². The van der Waals surface area contributed by atoms with Crippen molar-refractivity contribution >= 4 is 0 Å². The number of nitrogens with zero attached hydrogens (tertiary/aromatic N) is 2. The first-order chi connectivity index (χ1) is 10.0. The molecule has 2 rings (SSSR count). The minimum absolute atomic E-state index is 0.0681. The summed E-state index contributed by atoms with van der Waals surface area (Å²) in [5, 5.41) is 7.87. The lowest BCUT2D eigenvalue weighted by molar-refractivity contribution is 0.354. The molecule has 1 atom stereocenters. The summed E-state index contributed by atoms with van der Waals surface area (Å²) in [5.74, 6) is 1.46.